The largest absolute Gasteiger partial charge is 0.492 e. The van der Waals surface area contributed by atoms with Crippen LogP contribution in [-0.2, 0) is 7.05 Å². The molecular weight excluding hydrogens is 306 g/mol. The molecule has 7 heteroatoms. The van der Waals surface area contributed by atoms with Gasteiger partial charge in [-0.2, -0.15) is 0 Å². The molecule has 128 valence electrons. The Morgan fingerprint density at radius 1 is 1.38 bits per heavy atom. The maximum Gasteiger partial charge on any atom is 0.317 e. The summed E-state index contributed by atoms with van der Waals surface area (Å²) in [5.41, 5.74) is 0. The van der Waals surface area contributed by atoms with Crippen LogP contribution in [0.5, 0.6) is 5.75 Å². The van der Waals surface area contributed by atoms with Crippen molar-refractivity contribution in [1.29, 1.82) is 0 Å². The van der Waals surface area contributed by atoms with Crippen molar-refractivity contribution in [3.8, 4) is 5.75 Å². The number of ether oxygens (including phenoxy) is 1. The van der Waals surface area contributed by atoms with Crippen molar-refractivity contribution >= 4 is 6.03 Å². The maximum absolute atomic E-state index is 12.3. The summed E-state index contributed by atoms with van der Waals surface area (Å²) in [5, 5.41) is 11.0. The summed E-state index contributed by atoms with van der Waals surface area (Å²) < 4.78 is 7.51. The van der Waals surface area contributed by atoms with E-state index >= 15 is 0 Å². The molecule has 2 amide bonds. The summed E-state index contributed by atoms with van der Waals surface area (Å²) in [6.45, 7) is 2.40. The molecule has 3 rings (SSSR count). The van der Waals surface area contributed by atoms with Gasteiger partial charge in [0, 0.05) is 26.1 Å². The molecule has 7 nitrogen and oxygen atoms in total. The van der Waals surface area contributed by atoms with Crippen LogP contribution in [-0.4, -0.2) is 51.9 Å². The topological polar surface area (TPSA) is 72.3 Å². The van der Waals surface area contributed by atoms with Gasteiger partial charge in [-0.15, -0.1) is 10.2 Å². The van der Waals surface area contributed by atoms with E-state index in [9.17, 15) is 4.79 Å². The van der Waals surface area contributed by atoms with E-state index in [0.717, 1.165) is 31.0 Å². The van der Waals surface area contributed by atoms with E-state index in [-0.39, 0.29) is 11.9 Å². The molecule has 1 aromatic carbocycles. The summed E-state index contributed by atoms with van der Waals surface area (Å²) in [4.78, 5) is 14.2. The van der Waals surface area contributed by atoms with Crippen LogP contribution in [0.25, 0.3) is 0 Å². The van der Waals surface area contributed by atoms with E-state index < -0.39 is 0 Å². The molecule has 1 aliphatic rings. The zero-order valence-electron chi connectivity index (χ0n) is 13.9. The lowest BCUT2D eigenvalue weighted by Gasteiger charge is -2.32. The highest BCUT2D eigenvalue weighted by molar-refractivity contribution is 5.74. The average Bonchev–Trinajstić information content (AvgIpc) is 3.05. The SMILES string of the molecule is Cn1cnnc1[C@@H]1CCCN(C(=O)NCCOc2ccccc2)C1. The molecule has 0 aliphatic carbocycles. The molecule has 0 radical (unpaired) electrons. The van der Waals surface area contributed by atoms with Crippen LogP contribution in [0.2, 0.25) is 0 Å². The number of likely N-dealkylation sites (tertiary alicyclic amines) is 1. The zero-order valence-corrected chi connectivity index (χ0v) is 13.9. The molecule has 2 aromatic rings. The molecule has 2 heterocycles. The molecule has 0 bridgehead atoms. The first-order valence-electron chi connectivity index (χ1n) is 8.28. The van der Waals surface area contributed by atoms with Crippen LogP contribution in [0, 0.1) is 0 Å². The molecule has 0 saturated carbocycles. The predicted molar refractivity (Wildman–Crippen MR) is 89.9 cm³/mol. The monoisotopic (exact) mass is 329 g/mol. The van der Waals surface area contributed by atoms with Crippen molar-refractivity contribution in [3.05, 3.63) is 42.5 Å². The molecule has 1 aliphatic heterocycles. The number of urea groups is 1. The van der Waals surface area contributed by atoms with Gasteiger partial charge in [0.1, 0.15) is 24.5 Å². The van der Waals surface area contributed by atoms with Crippen LogP contribution < -0.4 is 10.1 Å². The van der Waals surface area contributed by atoms with E-state index in [4.69, 9.17) is 4.74 Å². The molecule has 24 heavy (non-hydrogen) atoms. The number of carbonyl (C=O) groups is 1. The van der Waals surface area contributed by atoms with Crippen LogP contribution in [0.15, 0.2) is 36.7 Å². The summed E-state index contributed by atoms with van der Waals surface area (Å²) in [7, 11) is 1.94. The van der Waals surface area contributed by atoms with Gasteiger partial charge in [0.15, 0.2) is 0 Å². The highest BCUT2D eigenvalue weighted by Crippen LogP contribution is 2.24. The van der Waals surface area contributed by atoms with E-state index in [2.05, 4.69) is 15.5 Å². The fourth-order valence-electron chi connectivity index (χ4n) is 2.99. The number of para-hydroxylation sites is 1. The van der Waals surface area contributed by atoms with E-state index in [1.165, 1.54) is 0 Å². The van der Waals surface area contributed by atoms with Crippen LogP contribution in [0.3, 0.4) is 0 Å². The Bertz CT molecular complexity index is 658. The van der Waals surface area contributed by atoms with Gasteiger partial charge < -0.3 is 19.5 Å². The lowest BCUT2D eigenvalue weighted by atomic mass is 9.97. The Balaban J connectivity index is 1.44. The fraction of sp³-hybridized carbons (Fsp3) is 0.471. The normalized spacial score (nSPS) is 17.5. The van der Waals surface area contributed by atoms with Gasteiger partial charge in [0.25, 0.3) is 0 Å². The Morgan fingerprint density at radius 3 is 2.96 bits per heavy atom. The first kappa shape index (κ1) is 16.3. The molecule has 1 fully saturated rings. The van der Waals surface area contributed by atoms with Crippen molar-refractivity contribution in [1.82, 2.24) is 25.0 Å². The van der Waals surface area contributed by atoms with E-state index in [0.29, 0.717) is 19.7 Å². The standard InChI is InChI=1S/C17H23N5O2/c1-21-13-19-20-16(21)14-6-5-10-22(12-14)17(23)18-9-11-24-15-7-3-2-4-8-15/h2-4,7-8,13-14H,5-6,9-12H2,1H3,(H,18,23)/t14-/m1/s1. The van der Waals surface area contributed by atoms with Gasteiger partial charge in [-0.1, -0.05) is 18.2 Å². The number of hydrogen-bond donors (Lipinski definition) is 1. The minimum absolute atomic E-state index is 0.0430. The minimum Gasteiger partial charge on any atom is -0.492 e. The lowest BCUT2D eigenvalue weighted by molar-refractivity contribution is 0.175. The number of rotatable bonds is 5. The molecule has 1 N–H and O–H groups in total. The van der Waals surface area contributed by atoms with Gasteiger partial charge in [-0.3, -0.25) is 0 Å². The average molecular weight is 329 g/mol. The quantitative estimate of drug-likeness (QED) is 0.849. The van der Waals surface area contributed by atoms with E-state index in [1.54, 1.807) is 6.33 Å². The zero-order chi connectivity index (χ0) is 16.8. The second-order valence-corrected chi connectivity index (χ2v) is 5.98. The lowest BCUT2D eigenvalue weighted by Crippen LogP contribution is -2.46. The number of hydrogen-bond acceptors (Lipinski definition) is 4. The minimum atomic E-state index is -0.0430. The summed E-state index contributed by atoms with van der Waals surface area (Å²) >= 11 is 0. The van der Waals surface area contributed by atoms with Gasteiger partial charge in [-0.25, -0.2) is 4.79 Å². The molecule has 1 saturated heterocycles. The fourth-order valence-corrected chi connectivity index (χ4v) is 2.99. The molecular formula is C17H23N5O2. The smallest absolute Gasteiger partial charge is 0.317 e. The van der Waals surface area contributed by atoms with Gasteiger partial charge in [-0.05, 0) is 25.0 Å². The van der Waals surface area contributed by atoms with Crippen LogP contribution in [0.1, 0.15) is 24.6 Å². The Labute approximate surface area is 141 Å². The maximum atomic E-state index is 12.3. The number of aromatic nitrogens is 3. The van der Waals surface area contributed by atoms with Gasteiger partial charge >= 0.3 is 6.03 Å². The molecule has 1 atom stereocenters. The first-order valence-corrected chi connectivity index (χ1v) is 8.28. The summed E-state index contributed by atoms with van der Waals surface area (Å²) in [6, 6.07) is 9.55. The number of carbonyl (C=O) groups excluding carboxylic acids is 1. The Kier molecular flexibility index (Phi) is 5.30. The van der Waals surface area contributed by atoms with Crippen LogP contribution in [0.4, 0.5) is 4.79 Å². The second-order valence-electron chi connectivity index (χ2n) is 5.98. The number of piperidine rings is 1. The van der Waals surface area contributed by atoms with Gasteiger partial charge in [0.2, 0.25) is 0 Å². The summed E-state index contributed by atoms with van der Waals surface area (Å²) in [6.07, 6.45) is 3.72. The highest BCUT2D eigenvalue weighted by Gasteiger charge is 2.27. The van der Waals surface area contributed by atoms with Crippen molar-refractivity contribution < 1.29 is 9.53 Å². The van der Waals surface area contributed by atoms with E-state index in [1.807, 2.05) is 46.8 Å². The number of amides is 2. The van der Waals surface area contributed by atoms with Crippen molar-refractivity contribution in [2.75, 3.05) is 26.2 Å². The van der Waals surface area contributed by atoms with Crippen molar-refractivity contribution in [3.63, 3.8) is 0 Å². The third-order valence-electron chi connectivity index (χ3n) is 4.21. The first-order chi connectivity index (χ1) is 11.7. The van der Waals surface area contributed by atoms with Crippen molar-refractivity contribution in [2.45, 2.75) is 18.8 Å². The van der Waals surface area contributed by atoms with Crippen molar-refractivity contribution in [2.24, 2.45) is 7.05 Å². The number of aryl methyl sites for hydroxylation is 1. The predicted octanol–water partition coefficient (Wildman–Crippen LogP) is 1.78. The van der Waals surface area contributed by atoms with Gasteiger partial charge in [0.05, 0.1) is 6.54 Å². The third kappa shape index (κ3) is 4.04. The number of nitrogens with one attached hydrogen (secondary N) is 1. The Morgan fingerprint density at radius 2 is 2.21 bits per heavy atom. The third-order valence-corrected chi connectivity index (χ3v) is 4.21. The number of benzene rings is 1. The highest BCUT2D eigenvalue weighted by atomic mass is 16.5. The molecule has 0 unspecified atom stereocenters. The summed E-state index contributed by atoms with van der Waals surface area (Å²) in [5.74, 6) is 2.00. The molecule has 0 spiro atoms. The molecule has 1 aromatic heterocycles. The second kappa shape index (κ2) is 7.81. The Hall–Kier alpha value is -2.57. The van der Waals surface area contributed by atoms with Crippen LogP contribution >= 0.6 is 0 Å². The number of nitrogens with zero attached hydrogens (tertiary/aromatic N) is 4.